The van der Waals surface area contributed by atoms with Crippen LogP contribution in [0, 0.1) is 0 Å². The first kappa shape index (κ1) is 15.5. The fraction of sp³-hybridized carbons (Fsp3) is 0.250. The lowest BCUT2D eigenvalue weighted by atomic mass is 9.91. The summed E-state index contributed by atoms with van der Waals surface area (Å²) >= 11 is 0. The molecule has 3 nitrogen and oxygen atoms in total. The number of hydrogen-bond donors (Lipinski definition) is 0. The Hall–Kier alpha value is -2.39. The van der Waals surface area contributed by atoms with Crippen LogP contribution in [-0.2, 0) is 4.74 Å². The van der Waals surface area contributed by atoms with E-state index in [4.69, 9.17) is 4.74 Å². The summed E-state index contributed by atoms with van der Waals surface area (Å²) in [6.07, 6.45) is 0. The van der Waals surface area contributed by atoms with Crippen molar-refractivity contribution in [3.05, 3.63) is 71.8 Å². The van der Waals surface area contributed by atoms with Gasteiger partial charge in [-0.2, -0.15) is 0 Å². The second kappa shape index (κ2) is 6.80. The molecule has 1 saturated heterocycles. The fourth-order valence-electron chi connectivity index (χ4n) is 3.00. The Labute approximate surface area is 137 Å². The highest BCUT2D eigenvalue weighted by Crippen LogP contribution is 2.34. The standard InChI is InChI=1S/C20H21NO2/c1-15(17-7-4-3-5-8-17)20-18(16(2)22)9-6-10-19(20)21-11-13-23-14-12-21/h3-10H,1,11-14H2,2H3. The highest BCUT2D eigenvalue weighted by molar-refractivity contribution is 6.03. The summed E-state index contributed by atoms with van der Waals surface area (Å²) in [6.45, 7) is 8.97. The molecule has 0 amide bonds. The van der Waals surface area contributed by atoms with Gasteiger partial charge in [-0.3, -0.25) is 4.79 Å². The van der Waals surface area contributed by atoms with Crippen LogP contribution >= 0.6 is 0 Å². The van der Waals surface area contributed by atoms with Crippen molar-refractivity contribution in [2.75, 3.05) is 31.2 Å². The number of carbonyl (C=O) groups excluding carboxylic acids is 1. The van der Waals surface area contributed by atoms with Crippen LogP contribution in [0.15, 0.2) is 55.1 Å². The summed E-state index contributed by atoms with van der Waals surface area (Å²) in [4.78, 5) is 14.4. The monoisotopic (exact) mass is 307 g/mol. The number of carbonyl (C=O) groups is 1. The van der Waals surface area contributed by atoms with Gasteiger partial charge < -0.3 is 9.64 Å². The third-order valence-electron chi connectivity index (χ3n) is 4.20. The van der Waals surface area contributed by atoms with Crippen LogP contribution in [0.1, 0.15) is 28.4 Å². The highest BCUT2D eigenvalue weighted by atomic mass is 16.5. The molecule has 1 aliphatic rings. The lowest BCUT2D eigenvalue weighted by Gasteiger charge is -2.31. The maximum Gasteiger partial charge on any atom is 0.160 e. The average molecular weight is 307 g/mol. The van der Waals surface area contributed by atoms with Gasteiger partial charge in [-0.25, -0.2) is 0 Å². The predicted molar refractivity (Wildman–Crippen MR) is 94.1 cm³/mol. The molecule has 0 unspecified atom stereocenters. The molecule has 118 valence electrons. The molecule has 0 aliphatic carbocycles. The number of benzene rings is 2. The normalized spacial score (nSPS) is 14.6. The molecule has 0 N–H and O–H groups in total. The number of morpholine rings is 1. The van der Waals surface area contributed by atoms with Gasteiger partial charge in [0.2, 0.25) is 0 Å². The lowest BCUT2D eigenvalue weighted by Crippen LogP contribution is -2.37. The minimum Gasteiger partial charge on any atom is -0.378 e. The molecule has 0 spiro atoms. The molecular formula is C20H21NO2. The predicted octanol–water partition coefficient (Wildman–Crippen LogP) is 3.79. The van der Waals surface area contributed by atoms with Crippen LogP contribution in [0.25, 0.3) is 5.57 Å². The summed E-state index contributed by atoms with van der Waals surface area (Å²) in [7, 11) is 0. The minimum absolute atomic E-state index is 0.0622. The lowest BCUT2D eigenvalue weighted by molar-refractivity contribution is 0.101. The van der Waals surface area contributed by atoms with E-state index >= 15 is 0 Å². The molecule has 1 fully saturated rings. The molecule has 3 rings (SSSR count). The van der Waals surface area contributed by atoms with Gasteiger partial charge in [-0.05, 0) is 24.1 Å². The Bertz CT molecular complexity index is 716. The third-order valence-corrected chi connectivity index (χ3v) is 4.20. The van der Waals surface area contributed by atoms with E-state index in [-0.39, 0.29) is 5.78 Å². The van der Waals surface area contributed by atoms with E-state index in [0.29, 0.717) is 13.2 Å². The van der Waals surface area contributed by atoms with Crippen molar-refractivity contribution in [1.82, 2.24) is 0 Å². The number of nitrogens with zero attached hydrogens (tertiary/aromatic N) is 1. The van der Waals surface area contributed by atoms with E-state index in [1.165, 1.54) is 0 Å². The number of ketones is 1. The van der Waals surface area contributed by atoms with Crippen LogP contribution in [0.2, 0.25) is 0 Å². The van der Waals surface area contributed by atoms with E-state index in [9.17, 15) is 4.79 Å². The van der Waals surface area contributed by atoms with Crippen LogP contribution in [0.5, 0.6) is 0 Å². The Morgan fingerprint density at radius 1 is 1.04 bits per heavy atom. The maximum absolute atomic E-state index is 12.2. The molecule has 1 aliphatic heterocycles. The third kappa shape index (κ3) is 3.20. The molecule has 23 heavy (non-hydrogen) atoms. The Morgan fingerprint density at radius 2 is 1.74 bits per heavy atom. The number of hydrogen-bond acceptors (Lipinski definition) is 3. The van der Waals surface area contributed by atoms with Crippen LogP contribution in [0.4, 0.5) is 5.69 Å². The molecule has 0 bridgehead atoms. The first-order valence-electron chi connectivity index (χ1n) is 7.90. The first-order chi connectivity index (χ1) is 11.2. The Kier molecular flexibility index (Phi) is 4.58. The van der Waals surface area contributed by atoms with Gasteiger partial charge in [0.15, 0.2) is 5.78 Å². The number of anilines is 1. The van der Waals surface area contributed by atoms with Crippen LogP contribution in [-0.4, -0.2) is 32.1 Å². The van der Waals surface area contributed by atoms with Gasteiger partial charge in [0, 0.05) is 29.9 Å². The van der Waals surface area contributed by atoms with Crippen molar-refractivity contribution in [2.24, 2.45) is 0 Å². The van der Waals surface area contributed by atoms with E-state index < -0.39 is 0 Å². The summed E-state index contributed by atoms with van der Waals surface area (Å²) in [5, 5.41) is 0. The summed E-state index contributed by atoms with van der Waals surface area (Å²) < 4.78 is 5.45. The topological polar surface area (TPSA) is 29.5 Å². The highest BCUT2D eigenvalue weighted by Gasteiger charge is 2.21. The smallest absolute Gasteiger partial charge is 0.160 e. The molecule has 0 aromatic heterocycles. The molecule has 0 saturated carbocycles. The van der Waals surface area contributed by atoms with E-state index in [1.807, 2.05) is 42.5 Å². The van der Waals surface area contributed by atoms with E-state index in [2.05, 4.69) is 17.5 Å². The zero-order chi connectivity index (χ0) is 16.2. The second-order valence-corrected chi connectivity index (χ2v) is 5.70. The van der Waals surface area contributed by atoms with Gasteiger partial charge in [0.1, 0.15) is 0 Å². The minimum atomic E-state index is 0.0622. The van der Waals surface area contributed by atoms with Gasteiger partial charge >= 0.3 is 0 Å². The Morgan fingerprint density at radius 3 is 2.39 bits per heavy atom. The van der Waals surface area contributed by atoms with Crippen molar-refractivity contribution in [2.45, 2.75) is 6.92 Å². The van der Waals surface area contributed by atoms with E-state index in [0.717, 1.165) is 41.0 Å². The van der Waals surface area contributed by atoms with E-state index in [1.54, 1.807) is 6.92 Å². The van der Waals surface area contributed by atoms with Crippen molar-refractivity contribution in [1.29, 1.82) is 0 Å². The second-order valence-electron chi connectivity index (χ2n) is 5.70. The van der Waals surface area contributed by atoms with Crippen molar-refractivity contribution in [3.8, 4) is 0 Å². The zero-order valence-electron chi connectivity index (χ0n) is 13.4. The number of ether oxygens (including phenoxy) is 1. The van der Waals surface area contributed by atoms with Gasteiger partial charge in [-0.15, -0.1) is 0 Å². The summed E-state index contributed by atoms with van der Waals surface area (Å²) in [5.74, 6) is 0.0622. The van der Waals surface area contributed by atoms with Crippen molar-refractivity contribution < 1.29 is 9.53 Å². The van der Waals surface area contributed by atoms with Crippen LogP contribution < -0.4 is 4.90 Å². The van der Waals surface area contributed by atoms with Crippen molar-refractivity contribution in [3.63, 3.8) is 0 Å². The molecule has 0 radical (unpaired) electrons. The number of rotatable bonds is 4. The molecule has 0 atom stereocenters. The summed E-state index contributed by atoms with van der Waals surface area (Å²) in [5.41, 5.74) is 4.65. The largest absolute Gasteiger partial charge is 0.378 e. The van der Waals surface area contributed by atoms with Gasteiger partial charge in [0.05, 0.1) is 13.2 Å². The quantitative estimate of drug-likeness (QED) is 0.805. The molecular weight excluding hydrogens is 286 g/mol. The first-order valence-corrected chi connectivity index (χ1v) is 7.90. The van der Waals surface area contributed by atoms with Gasteiger partial charge in [0.25, 0.3) is 0 Å². The van der Waals surface area contributed by atoms with Crippen LogP contribution in [0.3, 0.4) is 0 Å². The molecule has 3 heteroatoms. The van der Waals surface area contributed by atoms with Gasteiger partial charge in [-0.1, -0.05) is 49.0 Å². The Balaban J connectivity index is 2.11. The van der Waals surface area contributed by atoms with Crippen molar-refractivity contribution >= 4 is 17.0 Å². The zero-order valence-corrected chi connectivity index (χ0v) is 13.4. The summed E-state index contributed by atoms with van der Waals surface area (Å²) in [6, 6.07) is 15.9. The molecule has 2 aromatic rings. The molecule has 1 heterocycles. The number of Topliss-reactive ketones (excluding diaryl/α,β-unsaturated/α-hetero) is 1. The molecule has 2 aromatic carbocycles. The fourth-order valence-corrected chi connectivity index (χ4v) is 3.00. The SMILES string of the molecule is C=C(c1ccccc1)c1c(C(C)=O)cccc1N1CCOCC1. The maximum atomic E-state index is 12.2. The average Bonchev–Trinajstić information content (AvgIpc) is 2.62.